The lowest BCUT2D eigenvalue weighted by atomic mass is 10.1. The van der Waals surface area contributed by atoms with Crippen LogP contribution < -0.4 is 10.6 Å². The number of benzene rings is 2. The van der Waals surface area contributed by atoms with E-state index in [9.17, 15) is 18.0 Å². The largest absolute Gasteiger partial charge is 0.416 e. The van der Waals surface area contributed by atoms with Gasteiger partial charge in [-0.25, -0.2) is 0 Å². The third kappa shape index (κ3) is 5.86. The van der Waals surface area contributed by atoms with Crippen molar-refractivity contribution in [2.24, 2.45) is 0 Å². The quantitative estimate of drug-likeness (QED) is 0.764. The molecular formula is C17H16ClF3N2O. The molecule has 0 saturated carbocycles. The van der Waals surface area contributed by atoms with Crippen LogP contribution in [0.5, 0.6) is 0 Å². The molecule has 2 rings (SSSR count). The molecule has 0 aromatic heterocycles. The van der Waals surface area contributed by atoms with Gasteiger partial charge in [-0.2, -0.15) is 13.2 Å². The van der Waals surface area contributed by atoms with Crippen LogP contribution >= 0.6 is 11.6 Å². The smallest absolute Gasteiger partial charge is 0.325 e. The minimum absolute atomic E-state index is 0.0710. The van der Waals surface area contributed by atoms with Crippen LogP contribution in [0.1, 0.15) is 11.1 Å². The molecule has 0 radical (unpaired) electrons. The summed E-state index contributed by atoms with van der Waals surface area (Å²) in [4.78, 5) is 11.7. The number of anilines is 1. The zero-order valence-electron chi connectivity index (χ0n) is 12.7. The van der Waals surface area contributed by atoms with Gasteiger partial charge in [-0.1, -0.05) is 23.7 Å². The van der Waals surface area contributed by atoms with Crippen molar-refractivity contribution < 1.29 is 18.0 Å². The van der Waals surface area contributed by atoms with Gasteiger partial charge in [0, 0.05) is 10.7 Å². The summed E-state index contributed by atoms with van der Waals surface area (Å²) >= 11 is 5.88. The second kappa shape index (κ2) is 8.17. The van der Waals surface area contributed by atoms with Crippen molar-refractivity contribution in [1.29, 1.82) is 0 Å². The van der Waals surface area contributed by atoms with Crippen LogP contribution in [0, 0.1) is 0 Å². The molecule has 24 heavy (non-hydrogen) atoms. The highest BCUT2D eigenvalue weighted by molar-refractivity contribution is 6.30. The Labute approximate surface area is 142 Å². The molecule has 0 spiro atoms. The van der Waals surface area contributed by atoms with E-state index in [1.165, 1.54) is 12.1 Å². The molecule has 0 unspecified atom stereocenters. The monoisotopic (exact) mass is 356 g/mol. The van der Waals surface area contributed by atoms with E-state index >= 15 is 0 Å². The van der Waals surface area contributed by atoms with E-state index in [2.05, 4.69) is 10.6 Å². The van der Waals surface area contributed by atoms with Crippen molar-refractivity contribution >= 4 is 23.2 Å². The van der Waals surface area contributed by atoms with Gasteiger partial charge < -0.3 is 10.6 Å². The molecule has 0 aliphatic carbocycles. The maximum atomic E-state index is 12.4. The van der Waals surface area contributed by atoms with Gasteiger partial charge in [-0.3, -0.25) is 4.79 Å². The van der Waals surface area contributed by atoms with E-state index in [0.717, 1.165) is 17.7 Å². The number of halogens is 4. The third-order valence-corrected chi connectivity index (χ3v) is 3.50. The van der Waals surface area contributed by atoms with Gasteiger partial charge in [0.25, 0.3) is 0 Å². The molecule has 3 nitrogen and oxygen atoms in total. The molecular weight excluding hydrogens is 341 g/mol. The van der Waals surface area contributed by atoms with Crippen molar-refractivity contribution in [3.8, 4) is 0 Å². The summed E-state index contributed by atoms with van der Waals surface area (Å²) in [6.45, 7) is 0.655. The Morgan fingerprint density at radius 2 is 1.79 bits per heavy atom. The van der Waals surface area contributed by atoms with Gasteiger partial charge in [-0.15, -0.1) is 0 Å². The van der Waals surface area contributed by atoms with Gasteiger partial charge in [0.2, 0.25) is 5.91 Å². The summed E-state index contributed by atoms with van der Waals surface area (Å²) in [7, 11) is 0. The summed E-state index contributed by atoms with van der Waals surface area (Å²) in [5.74, 6) is -0.319. The van der Waals surface area contributed by atoms with Crippen LogP contribution in [-0.4, -0.2) is 19.0 Å². The molecule has 1 amide bonds. The highest BCUT2D eigenvalue weighted by Gasteiger charge is 2.29. The van der Waals surface area contributed by atoms with Crippen molar-refractivity contribution in [1.82, 2.24) is 5.32 Å². The molecule has 2 N–H and O–H groups in total. The highest BCUT2D eigenvalue weighted by Crippen LogP contribution is 2.29. The van der Waals surface area contributed by atoms with E-state index in [0.29, 0.717) is 23.7 Å². The van der Waals surface area contributed by atoms with Gasteiger partial charge in [0.05, 0.1) is 12.1 Å². The fraction of sp³-hybridized carbons (Fsp3) is 0.235. The van der Waals surface area contributed by atoms with Crippen LogP contribution in [0.4, 0.5) is 18.9 Å². The van der Waals surface area contributed by atoms with E-state index in [4.69, 9.17) is 11.6 Å². The SMILES string of the molecule is O=C(CNCCc1cccc(Cl)c1)Nc1ccc(C(F)(F)F)cc1. The highest BCUT2D eigenvalue weighted by atomic mass is 35.5. The van der Waals surface area contributed by atoms with E-state index < -0.39 is 11.7 Å². The number of amides is 1. The number of rotatable bonds is 6. The topological polar surface area (TPSA) is 41.1 Å². The molecule has 0 heterocycles. The fourth-order valence-corrected chi connectivity index (χ4v) is 2.29. The first-order chi connectivity index (χ1) is 11.3. The average molecular weight is 357 g/mol. The molecule has 2 aromatic carbocycles. The summed E-state index contributed by atoms with van der Waals surface area (Å²) in [6.07, 6.45) is -3.67. The van der Waals surface area contributed by atoms with Gasteiger partial charge >= 0.3 is 6.18 Å². The predicted molar refractivity (Wildman–Crippen MR) is 88.1 cm³/mol. The van der Waals surface area contributed by atoms with Crippen LogP contribution in [0.2, 0.25) is 5.02 Å². The van der Waals surface area contributed by atoms with Crippen molar-refractivity contribution in [3.63, 3.8) is 0 Å². The lowest BCUT2D eigenvalue weighted by Crippen LogP contribution is -2.29. The normalized spacial score (nSPS) is 11.3. The fourth-order valence-electron chi connectivity index (χ4n) is 2.07. The number of alkyl halides is 3. The van der Waals surface area contributed by atoms with Crippen molar-refractivity contribution in [3.05, 3.63) is 64.7 Å². The average Bonchev–Trinajstić information content (AvgIpc) is 2.51. The maximum Gasteiger partial charge on any atom is 0.416 e. The minimum Gasteiger partial charge on any atom is -0.325 e. The Morgan fingerprint density at radius 1 is 1.08 bits per heavy atom. The van der Waals surface area contributed by atoms with Gasteiger partial charge in [0.1, 0.15) is 0 Å². The van der Waals surface area contributed by atoms with Gasteiger partial charge in [-0.05, 0) is 54.9 Å². The molecule has 0 atom stereocenters. The van der Waals surface area contributed by atoms with Crippen molar-refractivity contribution in [2.45, 2.75) is 12.6 Å². The van der Waals surface area contributed by atoms with Gasteiger partial charge in [0.15, 0.2) is 0 Å². The molecule has 0 saturated heterocycles. The summed E-state index contributed by atoms with van der Waals surface area (Å²) in [5.41, 5.74) is 0.628. The van der Waals surface area contributed by atoms with E-state index in [1.807, 2.05) is 18.2 Å². The van der Waals surface area contributed by atoms with Crippen LogP contribution in [-0.2, 0) is 17.4 Å². The predicted octanol–water partition coefficient (Wildman–Crippen LogP) is 4.13. The Kier molecular flexibility index (Phi) is 6.23. The van der Waals surface area contributed by atoms with E-state index in [1.54, 1.807) is 6.07 Å². The molecule has 0 fully saturated rings. The lowest BCUT2D eigenvalue weighted by Gasteiger charge is -2.09. The molecule has 0 bridgehead atoms. The zero-order valence-corrected chi connectivity index (χ0v) is 13.4. The Morgan fingerprint density at radius 3 is 2.42 bits per heavy atom. The molecule has 2 aromatic rings. The van der Waals surface area contributed by atoms with Crippen LogP contribution in [0.3, 0.4) is 0 Å². The minimum atomic E-state index is -4.38. The third-order valence-electron chi connectivity index (χ3n) is 3.26. The zero-order chi connectivity index (χ0) is 17.6. The Hall–Kier alpha value is -2.05. The standard InChI is InChI=1S/C17H16ClF3N2O/c18-14-3-1-2-12(10-14)8-9-22-11-16(24)23-15-6-4-13(5-7-15)17(19,20)21/h1-7,10,22H,8-9,11H2,(H,23,24). The summed E-state index contributed by atoms with van der Waals surface area (Å²) in [5, 5.41) is 6.17. The van der Waals surface area contributed by atoms with Crippen LogP contribution in [0.25, 0.3) is 0 Å². The number of hydrogen-bond donors (Lipinski definition) is 2. The Bertz CT molecular complexity index is 687. The number of hydrogen-bond acceptors (Lipinski definition) is 2. The molecule has 128 valence electrons. The lowest BCUT2D eigenvalue weighted by molar-refractivity contribution is -0.137. The molecule has 0 aliphatic rings. The Balaban J connectivity index is 1.73. The first-order valence-corrected chi connectivity index (χ1v) is 7.64. The number of carbonyl (C=O) groups excluding carboxylic acids is 1. The number of carbonyl (C=O) groups is 1. The second-order valence-electron chi connectivity index (χ2n) is 5.18. The van der Waals surface area contributed by atoms with E-state index in [-0.39, 0.29) is 12.5 Å². The molecule has 7 heteroatoms. The van der Waals surface area contributed by atoms with Crippen molar-refractivity contribution in [2.75, 3.05) is 18.4 Å². The summed E-state index contributed by atoms with van der Waals surface area (Å²) < 4.78 is 37.3. The first kappa shape index (κ1) is 18.3. The number of nitrogens with one attached hydrogen (secondary N) is 2. The first-order valence-electron chi connectivity index (χ1n) is 7.27. The van der Waals surface area contributed by atoms with Crippen LogP contribution in [0.15, 0.2) is 48.5 Å². The molecule has 0 aliphatic heterocycles. The second-order valence-corrected chi connectivity index (χ2v) is 5.62. The maximum absolute atomic E-state index is 12.4. The summed E-state index contributed by atoms with van der Waals surface area (Å²) in [6, 6.07) is 11.8.